The SMILES string of the molecule is CC1=CC(C)(C)N(C)c2cc(Cl)c(/C=C3\SC(=S)NC3=O)cc21. The molecule has 2 aliphatic heterocycles. The maximum Gasteiger partial charge on any atom is 0.263 e. The number of hydrogen-bond acceptors (Lipinski definition) is 4. The van der Waals surface area contributed by atoms with Crippen LogP contribution in [0.3, 0.4) is 0 Å². The van der Waals surface area contributed by atoms with Crippen molar-refractivity contribution in [3.8, 4) is 0 Å². The number of carbonyl (C=O) groups excluding carboxylic acids is 1. The molecule has 1 saturated heterocycles. The number of amides is 1. The van der Waals surface area contributed by atoms with Crippen molar-refractivity contribution in [3.05, 3.63) is 39.3 Å². The molecule has 3 nitrogen and oxygen atoms in total. The third-order valence-electron chi connectivity index (χ3n) is 4.26. The van der Waals surface area contributed by atoms with Crippen LogP contribution in [0.5, 0.6) is 0 Å². The molecule has 2 heterocycles. The van der Waals surface area contributed by atoms with Crippen molar-refractivity contribution in [1.29, 1.82) is 0 Å². The highest BCUT2D eigenvalue weighted by atomic mass is 35.5. The lowest BCUT2D eigenvalue weighted by Gasteiger charge is -2.40. The van der Waals surface area contributed by atoms with Gasteiger partial charge in [-0.15, -0.1) is 0 Å². The first-order chi connectivity index (χ1) is 10.7. The normalized spacial score (nSPS) is 21.3. The van der Waals surface area contributed by atoms with Crippen molar-refractivity contribution in [2.75, 3.05) is 11.9 Å². The Hall–Kier alpha value is -1.30. The van der Waals surface area contributed by atoms with Crippen molar-refractivity contribution in [2.45, 2.75) is 26.3 Å². The van der Waals surface area contributed by atoms with Crippen LogP contribution in [0.25, 0.3) is 11.6 Å². The van der Waals surface area contributed by atoms with E-state index in [-0.39, 0.29) is 11.4 Å². The van der Waals surface area contributed by atoms with E-state index < -0.39 is 0 Å². The molecule has 3 rings (SSSR count). The Kier molecular flexibility index (Phi) is 4.07. The Morgan fingerprint density at radius 3 is 2.70 bits per heavy atom. The van der Waals surface area contributed by atoms with E-state index in [2.05, 4.69) is 44.1 Å². The van der Waals surface area contributed by atoms with E-state index in [4.69, 9.17) is 23.8 Å². The number of anilines is 1. The van der Waals surface area contributed by atoms with E-state index in [0.717, 1.165) is 16.8 Å². The monoisotopic (exact) mass is 364 g/mol. The number of allylic oxidation sites excluding steroid dienone is 1. The molecular weight excluding hydrogens is 348 g/mol. The fourth-order valence-electron chi connectivity index (χ4n) is 2.86. The van der Waals surface area contributed by atoms with E-state index in [1.165, 1.54) is 17.3 Å². The summed E-state index contributed by atoms with van der Waals surface area (Å²) in [4.78, 5) is 14.6. The van der Waals surface area contributed by atoms with Crippen LogP contribution in [-0.2, 0) is 4.79 Å². The molecule has 0 saturated carbocycles. The lowest BCUT2D eigenvalue weighted by molar-refractivity contribution is -0.115. The molecule has 0 unspecified atom stereocenters. The third kappa shape index (κ3) is 2.93. The summed E-state index contributed by atoms with van der Waals surface area (Å²) >= 11 is 12.7. The number of thiocarbonyl (C=S) groups is 1. The Morgan fingerprint density at radius 2 is 2.09 bits per heavy atom. The molecule has 120 valence electrons. The number of nitrogens with zero attached hydrogens (tertiary/aromatic N) is 1. The first-order valence-electron chi connectivity index (χ1n) is 7.21. The quantitative estimate of drug-likeness (QED) is 0.589. The van der Waals surface area contributed by atoms with Gasteiger partial charge in [0.15, 0.2) is 0 Å². The Morgan fingerprint density at radius 1 is 1.39 bits per heavy atom. The number of likely N-dealkylation sites (N-methyl/N-ethyl adjacent to an activating group) is 1. The lowest BCUT2D eigenvalue weighted by atomic mass is 9.88. The van der Waals surface area contributed by atoms with Gasteiger partial charge in [-0.3, -0.25) is 4.79 Å². The standard InChI is InChI=1S/C17H17ClN2OS2/c1-9-8-17(2,3)20(4)13-7-12(18)10(5-11(9)13)6-14-15(21)19-16(22)23-14/h5-8H,1-4H3,(H,19,21,22)/b14-6-. The number of hydrogen-bond donors (Lipinski definition) is 1. The van der Waals surface area contributed by atoms with Gasteiger partial charge in [0, 0.05) is 23.3 Å². The average Bonchev–Trinajstić information content (AvgIpc) is 2.76. The van der Waals surface area contributed by atoms with Gasteiger partial charge in [0.1, 0.15) is 4.32 Å². The molecule has 23 heavy (non-hydrogen) atoms. The van der Waals surface area contributed by atoms with Gasteiger partial charge in [0.25, 0.3) is 5.91 Å². The van der Waals surface area contributed by atoms with Crippen LogP contribution in [-0.4, -0.2) is 22.8 Å². The number of rotatable bonds is 1. The van der Waals surface area contributed by atoms with Crippen LogP contribution in [0, 0.1) is 0 Å². The zero-order valence-electron chi connectivity index (χ0n) is 13.4. The molecule has 1 amide bonds. The smallest absolute Gasteiger partial charge is 0.263 e. The highest BCUT2D eigenvalue weighted by molar-refractivity contribution is 8.26. The second kappa shape index (κ2) is 5.65. The molecule has 0 radical (unpaired) electrons. The predicted molar refractivity (Wildman–Crippen MR) is 104 cm³/mol. The van der Waals surface area contributed by atoms with Gasteiger partial charge in [-0.25, -0.2) is 0 Å². The van der Waals surface area contributed by atoms with Crippen LogP contribution in [0.2, 0.25) is 5.02 Å². The largest absolute Gasteiger partial charge is 0.365 e. The molecule has 1 N–H and O–H groups in total. The summed E-state index contributed by atoms with van der Waals surface area (Å²) in [6.07, 6.45) is 4.04. The summed E-state index contributed by atoms with van der Waals surface area (Å²) in [6, 6.07) is 4.01. The molecule has 1 aromatic carbocycles. The third-order valence-corrected chi connectivity index (χ3v) is 5.75. The minimum atomic E-state index is -0.167. The van der Waals surface area contributed by atoms with Gasteiger partial charge >= 0.3 is 0 Å². The van der Waals surface area contributed by atoms with Gasteiger partial charge in [-0.2, -0.15) is 0 Å². The first kappa shape index (κ1) is 16.6. The summed E-state index contributed by atoms with van der Waals surface area (Å²) in [5.41, 5.74) is 4.20. The number of fused-ring (bicyclic) bond motifs is 1. The van der Waals surface area contributed by atoms with Gasteiger partial charge in [0.2, 0.25) is 0 Å². The van der Waals surface area contributed by atoms with Gasteiger partial charge in [-0.1, -0.05) is 41.7 Å². The summed E-state index contributed by atoms with van der Waals surface area (Å²) < 4.78 is 0.480. The molecule has 1 fully saturated rings. The van der Waals surface area contributed by atoms with Crippen LogP contribution in [0.1, 0.15) is 31.9 Å². The van der Waals surface area contributed by atoms with Crippen molar-refractivity contribution < 1.29 is 4.79 Å². The van der Waals surface area contributed by atoms with Crippen molar-refractivity contribution in [3.63, 3.8) is 0 Å². The highest BCUT2D eigenvalue weighted by Gasteiger charge is 2.29. The molecular formula is C17H17ClN2OS2. The van der Waals surface area contributed by atoms with Crippen molar-refractivity contribution >= 4 is 63.1 Å². The maximum atomic E-state index is 11.8. The molecule has 1 aromatic rings. The Balaban J connectivity index is 2.10. The highest BCUT2D eigenvalue weighted by Crippen LogP contribution is 2.41. The molecule has 0 atom stereocenters. The minimum Gasteiger partial charge on any atom is -0.365 e. The Bertz CT molecular complexity index is 796. The minimum absolute atomic E-state index is 0.0617. The molecule has 0 spiro atoms. The van der Waals surface area contributed by atoms with Gasteiger partial charge < -0.3 is 10.2 Å². The van der Waals surface area contributed by atoms with E-state index in [1.54, 1.807) is 6.08 Å². The van der Waals surface area contributed by atoms with Gasteiger partial charge in [-0.05, 0) is 50.1 Å². The average molecular weight is 365 g/mol. The molecule has 2 aliphatic rings. The number of halogens is 1. The lowest BCUT2D eigenvalue weighted by Crippen LogP contribution is -2.42. The molecule has 6 heteroatoms. The van der Waals surface area contributed by atoms with Gasteiger partial charge in [0.05, 0.1) is 10.4 Å². The van der Waals surface area contributed by atoms with Crippen molar-refractivity contribution in [2.24, 2.45) is 0 Å². The second-order valence-electron chi connectivity index (χ2n) is 6.28. The molecule has 0 aliphatic carbocycles. The van der Waals surface area contributed by atoms with E-state index in [0.29, 0.717) is 14.2 Å². The Labute approximate surface area is 150 Å². The summed E-state index contributed by atoms with van der Waals surface area (Å²) in [5, 5.41) is 3.24. The number of nitrogens with one attached hydrogen (secondary N) is 1. The van der Waals surface area contributed by atoms with Crippen LogP contribution >= 0.6 is 35.6 Å². The number of benzene rings is 1. The van der Waals surface area contributed by atoms with Crippen molar-refractivity contribution in [1.82, 2.24) is 5.32 Å². The van der Waals surface area contributed by atoms with E-state index in [1.807, 2.05) is 12.1 Å². The maximum absolute atomic E-state index is 11.8. The molecule has 0 aromatic heterocycles. The van der Waals surface area contributed by atoms with Crippen LogP contribution in [0.15, 0.2) is 23.1 Å². The zero-order valence-corrected chi connectivity index (χ0v) is 15.7. The number of carbonyl (C=O) groups is 1. The first-order valence-corrected chi connectivity index (χ1v) is 8.81. The predicted octanol–water partition coefficient (Wildman–Crippen LogP) is 4.46. The second-order valence-corrected chi connectivity index (χ2v) is 8.41. The fraction of sp³-hybridized carbons (Fsp3) is 0.294. The van der Waals surface area contributed by atoms with E-state index >= 15 is 0 Å². The summed E-state index contributed by atoms with van der Waals surface area (Å²) in [7, 11) is 2.06. The zero-order chi connectivity index (χ0) is 16.9. The van der Waals surface area contributed by atoms with E-state index in [9.17, 15) is 4.79 Å². The van der Waals surface area contributed by atoms with Crippen LogP contribution < -0.4 is 10.2 Å². The molecule has 0 bridgehead atoms. The van der Waals surface area contributed by atoms with Crippen LogP contribution in [0.4, 0.5) is 5.69 Å². The topological polar surface area (TPSA) is 32.3 Å². The number of thioether (sulfide) groups is 1. The summed E-state index contributed by atoms with van der Waals surface area (Å²) in [6.45, 7) is 6.44. The summed E-state index contributed by atoms with van der Waals surface area (Å²) in [5.74, 6) is -0.167. The fourth-order valence-corrected chi connectivity index (χ4v) is 4.11.